The summed E-state index contributed by atoms with van der Waals surface area (Å²) >= 11 is 1.28. The van der Waals surface area contributed by atoms with Crippen molar-refractivity contribution in [1.29, 1.82) is 0 Å². The van der Waals surface area contributed by atoms with Crippen molar-refractivity contribution in [2.75, 3.05) is 6.26 Å². The molecule has 0 aliphatic heterocycles. The molecule has 82 valence electrons. The van der Waals surface area contributed by atoms with E-state index < -0.39 is 0 Å². The molecule has 0 radical (unpaired) electrons. The minimum absolute atomic E-state index is 0. The van der Waals surface area contributed by atoms with Crippen molar-refractivity contribution in [1.82, 2.24) is 0 Å². The molecule has 6 heteroatoms. The molecule has 0 aliphatic rings. The highest BCUT2D eigenvalue weighted by atomic mass is 127. The maximum Gasteiger partial charge on any atom is 0.180 e. The average molecular weight is 339 g/mol. The van der Waals surface area contributed by atoms with Crippen LogP contribution < -0.4 is 5.73 Å². The van der Waals surface area contributed by atoms with E-state index in [2.05, 4.69) is 10.2 Å². The lowest BCUT2D eigenvalue weighted by Crippen LogP contribution is -2.04. The molecule has 2 N–H and O–H groups in total. The van der Waals surface area contributed by atoms with Gasteiger partial charge < -0.3 is 5.73 Å². The van der Waals surface area contributed by atoms with E-state index in [4.69, 9.17) is 5.73 Å². The second kappa shape index (κ2) is 7.63. The van der Waals surface area contributed by atoms with Crippen LogP contribution in [0.1, 0.15) is 5.56 Å². The third kappa shape index (κ3) is 5.12. The molecule has 1 aromatic rings. The number of amidine groups is 1. The van der Waals surface area contributed by atoms with E-state index in [1.807, 2.05) is 0 Å². The van der Waals surface area contributed by atoms with Crippen LogP contribution in [0.3, 0.4) is 0 Å². The van der Waals surface area contributed by atoms with Crippen LogP contribution >= 0.6 is 35.7 Å². The first-order chi connectivity index (χ1) is 6.74. The molecule has 3 nitrogen and oxygen atoms in total. The Morgan fingerprint density at radius 3 is 2.73 bits per heavy atom. The van der Waals surface area contributed by atoms with E-state index in [0.717, 1.165) is 0 Å². The minimum Gasteiger partial charge on any atom is -0.377 e. The van der Waals surface area contributed by atoms with Crippen molar-refractivity contribution in [3.05, 3.63) is 35.6 Å². The molecule has 1 aromatic carbocycles. The summed E-state index contributed by atoms with van der Waals surface area (Å²) in [6, 6.07) is 6.32. The maximum absolute atomic E-state index is 13.0. The molecule has 0 saturated carbocycles. The Kier molecular flexibility index (Phi) is 7.31. The standard InChI is InChI=1S/C9H10FN3S.HI/c1-14-9(11)13-12-6-7-4-2-3-5-8(7)10;/h2-6H,1H3,(H2,11,13);1H/b12-6+;. The fourth-order valence-electron chi connectivity index (χ4n) is 0.769. The molecule has 0 fully saturated rings. The summed E-state index contributed by atoms with van der Waals surface area (Å²) < 4.78 is 13.0. The van der Waals surface area contributed by atoms with E-state index in [9.17, 15) is 4.39 Å². The van der Waals surface area contributed by atoms with Crippen molar-refractivity contribution < 1.29 is 4.39 Å². The molecule has 0 unspecified atom stereocenters. The van der Waals surface area contributed by atoms with Gasteiger partial charge in [-0.2, -0.15) is 5.10 Å². The summed E-state index contributed by atoms with van der Waals surface area (Å²) in [5, 5.41) is 7.63. The van der Waals surface area contributed by atoms with Gasteiger partial charge in [0.05, 0.1) is 6.21 Å². The van der Waals surface area contributed by atoms with Crippen molar-refractivity contribution in [2.24, 2.45) is 15.9 Å². The summed E-state index contributed by atoms with van der Waals surface area (Å²) in [5.74, 6) is -0.325. The molecule has 0 aliphatic carbocycles. The van der Waals surface area contributed by atoms with Crippen LogP contribution in [0.4, 0.5) is 4.39 Å². The van der Waals surface area contributed by atoms with Crippen molar-refractivity contribution in [3.63, 3.8) is 0 Å². The van der Waals surface area contributed by atoms with Crippen LogP contribution in [-0.4, -0.2) is 17.6 Å². The summed E-state index contributed by atoms with van der Waals surface area (Å²) in [5.41, 5.74) is 5.77. The van der Waals surface area contributed by atoms with E-state index in [0.29, 0.717) is 10.7 Å². The number of nitrogens with zero attached hydrogens (tertiary/aromatic N) is 2. The lowest BCUT2D eigenvalue weighted by atomic mass is 10.2. The van der Waals surface area contributed by atoms with Gasteiger partial charge in [-0.15, -0.1) is 29.1 Å². The van der Waals surface area contributed by atoms with Gasteiger partial charge in [-0.25, -0.2) is 4.39 Å². The summed E-state index contributed by atoms with van der Waals surface area (Å²) in [6.07, 6.45) is 3.12. The molecule has 0 bridgehead atoms. The zero-order chi connectivity index (χ0) is 10.4. The van der Waals surface area contributed by atoms with Gasteiger partial charge in [-0.1, -0.05) is 30.0 Å². The SMILES string of the molecule is CSC(N)=N/N=C/c1ccccc1F.I. The van der Waals surface area contributed by atoms with Crippen molar-refractivity contribution in [3.8, 4) is 0 Å². The van der Waals surface area contributed by atoms with Gasteiger partial charge in [-0.3, -0.25) is 0 Å². The Bertz CT molecular complexity index is 368. The zero-order valence-corrected chi connectivity index (χ0v) is 11.2. The van der Waals surface area contributed by atoms with Crippen LogP contribution in [0, 0.1) is 5.82 Å². The molecule has 0 saturated heterocycles. The second-order valence-corrected chi connectivity index (χ2v) is 3.23. The molecule has 0 aromatic heterocycles. The van der Waals surface area contributed by atoms with Gasteiger partial charge in [0, 0.05) is 5.56 Å². The normalized spacial score (nSPS) is 11.5. The number of thioether (sulfide) groups is 1. The Morgan fingerprint density at radius 1 is 1.47 bits per heavy atom. The molecule has 0 amide bonds. The van der Waals surface area contributed by atoms with Crippen LogP contribution in [0.25, 0.3) is 0 Å². The van der Waals surface area contributed by atoms with Crippen LogP contribution in [0.5, 0.6) is 0 Å². The summed E-state index contributed by atoms with van der Waals surface area (Å²) in [7, 11) is 0. The average Bonchev–Trinajstić information content (AvgIpc) is 2.20. The topological polar surface area (TPSA) is 50.7 Å². The number of rotatable bonds is 2. The molecule has 15 heavy (non-hydrogen) atoms. The number of halogens is 2. The van der Waals surface area contributed by atoms with Gasteiger partial charge in [0.25, 0.3) is 0 Å². The van der Waals surface area contributed by atoms with Crippen LogP contribution in [0.15, 0.2) is 34.5 Å². The van der Waals surface area contributed by atoms with Gasteiger partial charge in [-0.05, 0) is 12.3 Å². The Labute approximate surface area is 109 Å². The third-order valence-electron chi connectivity index (χ3n) is 1.47. The van der Waals surface area contributed by atoms with Crippen LogP contribution in [0.2, 0.25) is 0 Å². The highest BCUT2D eigenvalue weighted by molar-refractivity contribution is 14.0. The van der Waals surface area contributed by atoms with Gasteiger partial charge >= 0.3 is 0 Å². The summed E-state index contributed by atoms with van der Waals surface area (Å²) in [4.78, 5) is 0. The molecule has 0 heterocycles. The Hall–Kier alpha value is -0.630. The van der Waals surface area contributed by atoms with Gasteiger partial charge in [0.2, 0.25) is 0 Å². The molecule has 0 spiro atoms. The Balaban J connectivity index is 0.00000196. The maximum atomic E-state index is 13.0. The number of benzene rings is 1. The van der Waals surface area contributed by atoms with E-state index >= 15 is 0 Å². The fourth-order valence-corrected chi connectivity index (χ4v) is 0.897. The predicted octanol–water partition coefficient (Wildman–Crippen LogP) is 2.46. The van der Waals surface area contributed by atoms with E-state index in [1.165, 1.54) is 24.0 Å². The largest absolute Gasteiger partial charge is 0.377 e. The lowest BCUT2D eigenvalue weighted by Gasteiger charge is -1.92. The fraction of sp³-hybridized carbons (Fsp3) is 0.111. The zero-order valence-electron chi connectivity index (χ0n) is 8.05. The number of nitrogens with two attached hydrogens (primary N) is 1. The van der Waals surface area contributed by atoms with Crippen molar-refractivity contribution in [2.45, 2.75) is 0 Å². The monoisotopic (exact) mass is 339 g/mol. The first kappa shape index (κ1) is 14.4. The van der Waals surface area contributed by atoms with E-state index in [-0.39, 0.29) is 29.8 Å². The predicted molar refractivity (Wildman–Crippen MR) is 74.5 cm³/mol. The highest BCUT2D eigenvalue weighted by Gasteiger charge is 1.94. The minimum atomic E-state index is -0.325. The van der Waals surface area contributed by atoms with Crippen LogP contribution in [-0.2, 0) is 0 Å². The highest BCUT2D eigenvalue weighted by Crippen LogP contribution is 2.03. The Morgan fingerprint density at radius 2 is 2.13 bits per heavy atom. The van der Waals surface area contributed by atoms with Crippen molar-refractivity contribution >= 4 is 47.1 Å². The molecular formula is C9H11FIN3S. The molecule has 1 rings (SSSR count). The first-order valence-electron chi connectivity index (χ1n) is 3.89. The molecule has 0 atom stereocenters. The first-order valence-corrected chi connectivity index (χ1v) is 5.11. The quantitative estimate of drug-likeness (QED) is 0.389. The van der Waals surface area contributed by atoms with E-state index in [1.54, 1.807) is 24.5 Å². The second-order valence-electron chi connectivity index (χ2n) is 2.41. The molecular weight excluding hydrogens is 328 g/mol. The summed E-state index contributed by atoms with van der Waals surface area (Å²) in [6.45, 7) is 0. The smallest absolute Gasteiger partial charge is 0.180 e. The number of hydrogen-bond donors (Lipinski definition) is 1. The van der Waals surface area contributed by atoms with Gasteiger partial charge in [0.15, 0.2) is 5.17 Å². The van der Waals surface area contributed by atoms with Gasteiger partial charge in [0.1, 0.15) is 5.82 Å². The third-order valence-corrected chi connectivity index (χ3v) is 1.97. The lowest BCUT2D eigenvalue weighted by molar-refractivity contribution is 0.626. The number of hydrogen-bond acceptors (Lipinski definition) is 3.